The van der Waals surface area contributed by atoms with Crippen LogP contribution in [0.25, 0.3) is 0 Å². The van der Waals surface area contributed by atoms with E-state index in [2.05, 4.69) is 12.1 Å². The first-order valence-corrected chi connectivity index (χ1v) is 20.9. The molecule has 0 amide bonds. The van der Waals surface area contributed by atoms with Crippen LogP contribution in [0.3, 0.4) is 0 Å². The van der Waals surface area contributed by atoms with Crippen molar-refractivity contribution in [2.45, 2.75) is 87.0 Å². The molecule has 6 N–H and O–H groups in total. The lowest BCUT2D eigenvalue weighted by molar-refractivity contribution is 0.454. The summed E-state index contributed by atoms with van der Waals surface area (Å²) in [6, 6.07) is 33.7. The molecule has 0 heterocycles. The minimum atomic E-state index is -0.418. The summed E-state index contributed by atoms with van der Waals surface area (Å²) < 4.78 is 0. The van der Waals surface area contributed by atoms with E-state index in [9.17, 15) is 30.6 Å². The Kier molecular flexibility index (Phi) is 11.9. The first kappa shape index (κ1) is 42.5. The molecule has 6 nitrogen and oxygen atoms in total. The van der Waals surface area contributed by atoms with Gasteiger partial charge in [-0.15, -0.1) is 0 Å². The van der Waals surface area contributed by atoms with Crippen molar-refractivity contribution >= 4 is 0 Å². The van der Waals surface area contributed by atoms with E-state index in [1.165, 1.54) is 0 Å². The lowest BCUT2D eigenvalue weighted by Gasteiger charge is -2.25. The normalized spacial score (nSPS) is 11.4. The van der Waals surface area contributed by atoms with E-state index in [0.717, 1.165) is 61.2 Å². The molecule has 7 aromatic carbocycles. The second-order valence-electron chi connectivity index (χ2n) is 17.3. The molecule has 7 rings (SSSR count). The van der Waals surface area contributed by atoms with Crippen molar-refractivity contribution in [1.82, 2.24) is 0 Å². The molecule has 6 heteroatoms. The zero-order valence-corrected chi connectivity index (χ0v) is 36.4. The van der Waals surface area contributed by atoms with Gasteiger partial charge in [-0.2, -0.15) is 0 Å². The topological polar surface area (TPSA) is 121 Å². The molecule has 0 bridgehead atoms. The molecule has 7 aromatic rings. The van der Waals surface area contributed by atoms with E-state index in [4.69, 9.17) is 0 Å². The van der Waals surface area contributed by atoms with Gasteiger partial charge in [0.25, 0.3) is 0 Å². The third kappa shape index (κ3) is 8.95. The summed E-state index contributed by atoms with van der Waals surface area (Å²) in [6.07, 6.45) is 1.02. The predicted molar refractivity (Wildman–Crippen MR) is 245 cm³/mol. The van der Waals surface area contributed by atoms with Gasteiger partial charge in [-0.3, -0.25) is 0 Å². The maximum Gasteiger partial charge on any atom is 0.122 e. The molecule has 0 aliphatic heterocycles. The maximum absolute atomic E-state index is 12.2. The van der Waals surface area contributed by atoms with Crippen molar-refractivity contribution in [3.05, 3.63) is 209 Å². The highest BCUT2D eigenvalue weighted by Gasteiger charge is 2.25. The SMILES string of the molecule is Cc1cc(C)c(O)c(Cc2cc(C(c3ccccc3)c3cc(Cc4cc(C)cc(C)c4O)c(O)c(Cc4cc(C)cc(C)c4O)c3)cc(Cc3cc(C)cc(C)c3O)c2O)c1. The molecule has 312 valence electrons. The molecular formula is C55H56O6. The number of rotatable bonds is 11. The minimum Gasteiger partial charge on any atom is -0.507 e. The fourth-order valence-corrected chi connectivity index (χ4v) is 9.22. The number of aryl methyl sites for hydroxylation is 8. The van der Waals surface area contributed by atoms with Crippen molar-refractivity contribution in [1.29, 1.82) is 0 Å². The van der Waals surface area contributed by atoms with Gasteiger partial charge in [-0.25, -0.2) is 0 Å². The van der Waals surface area contributed by atoms with E-state index in [0.29, 0.717) is 44.5 Å². The van der Waals surface area contributed by atoms with Crippen LogP contribution in [-0.2, 0) is 25.7 Å². The molecule has 0 radical (unpaired) electrons. The number of phenolic OH excluding ortho intramolecular Hbond substituents is 6. The van der Waals surface area contributed by atoms with Crippen LogP contribution in [0.1, 0.15) is 112 Å². The van der Waals surface area contributed by atoms with Gasteiger partial charge >= 0.3 is 0 Å². The summed E-state index contributed by atoms with van der Waals surface area (Å²) >= 11 is 0. The fraction of sp³-hybridized carbons (Fsp3) is 0.236. The summed E-state index contributed by atoms with van der Waals surface area (Å²) in [6.45, 7) is 15.4. The molecule has 0 saturated heterocycles. The Balaban J connectivity index is 1.49. The second kappa shape index (κ2) is 17.1. The van der Waals surface area contributed by atoms with Crippen LogP contribution in [-0.4, -0.2) is 30.6 Å². The van der Waals surface area contributed by atoms with Gasteiger partial charge in [0.1, 0.15) is 34.5 Å². The largest absolute Gasteiger partial charge is 0.507 e. The molecule has 0 aliphatic rings. The number of aromatic hydroxyl groups is 6. The quantitative estimate of drug-likeness (QED) is 0.0724. The zero-order valence-electron chi connectivity index (χ0n) is 36.4. The van der Waals surface area contributed by atoms with E-state index in [1.54, 1.807) is 0 Å². The Labute approximate surface area is 359 Å². The predicted octanol–water partition coefficient (Wildman–Crippen LogP) is 11.9. The van der Waals surface area contributed by atoms with Gasteiger partial charge in [0.2, 0.25) is 0 Å². The maximum atomic E-state index is 12.2. The Hall–Kier alpha value is -6.66. The second-order valence-corrected chi connectivity index (χ2v) is 17.3. The van der Waals surface area contributed by atoms with Gasteiger partial charge in [0.05, 0.1) is 0 Å². The van der Waals surface area contributed by atoms with E-state index < -0.39 is 5.92 Å². The van der Waals surface area contributed by atoms with Crippen molar-refractivity contribution < 1.29 is 30.6 Å². The van der Waals surface area contributed by atoms with E-state index >= 15 is 0 Å². The highest BCUT2D eigenvalue weighted by atomic mass is 16.3. The summed E-state index contributed by atoms with van der Waals surface area (Å²) in [5, 5.41) is 69.4. The Morgan fingerprint density at radius 3 is 0.803 bits per heavy atom. The number of hydrogen-bond donors (Lipinski definition) is 6. The van der Waals surface area contributed by atoms with Crippen LogP contribution < -0.4 is 0 Å². The summed E-state index contributed by atoms with van der Waals surface area (Å²) in [5.41, 5.74) is 15.0. The monoisotopic (exact) mass is 812 g/mol. The third-order valence-electron chi connectivity index (χ3n) is 12.0. The van der Waals surface area contributed by atoms with Gasteiger partial charge in [0.15, 0.2) is 0 Å². The molecule has 0 spiro atoms. The Morgan fingerprint density at radius 1 is 0.295 bits per heavy atom. The molecule has 0 saturated carbocycles. The molecule has 0 aromatic heterocycles. The zero-order chi connectivity index (χ0) is 43.9. The highest BCUT2D eigenvalue weighted by Crippen LogP contribution is 2.43. The van der Waals surface area contributed by atoms with Gasteiger partial charge < -0.3 is 30.6 Å². The van der Waals surface area contributed by atoms with Crippen LogP contribution in [0.4, 0.5) is 0 Å². The highest BCUT2D eigenvalue weighted by molar-refractivity contribution is 5.59. The van der Waals surface area contributed by atoms with Crippen LogP contribution in [0, 0.1) is 55.4 Å². The van der Waals surface area contributed by atoms with Crippen LogP contribution >= 0.6 is 0 Å². The van der Waals surface area contributed by atoms with E-state index in [1.807, 2.05) is 146 Å². The van der Waals surface area contributed by atoms with Gasteiger partial charge in [0, 0.05) is 31.6 Å². The standard InChI is InChI=1S/C55H56O6/c1-30-14-34(5)50(56)41(18-30)26-45-22-39(23-46(54(45)60)27-42-19-31(2)15-35(6)51(42)57)49(38-12-10-9-11-13-38)40-24-47(28-43-20-32(3)16-36(7)52(43)58)55(61)48(25-40)29-44-21-33(4)17-37(8)53(44)59/h9-25,49,56-61H,26-29H2,1-8H3. The molecule has 0 aliphatic carbocycles. The average Bonchev–Trinajstić information content (AvgIpc) is 3.20. The van der Waals surface area contributed by atoms with Crippen LogP contribution in [0.15, 0.2) is 103 Å². The summed E-state index contributed by atoms with van der Waals surface area (Å²) in [5.74, 6) is 0.493. The fourth-order valence-electron chi connectivity index (χ4n) is 9.22. The molecule has 61 heavy (non-hydrogen) atoms. The Morgan fingerprint density at radius 2 is 0.541 bits per heavy atom. The van der Waals surface area contributed by atoms with E-state index in [-0.39, 0.29) is 60.2 Å². The summed E-state index contributed by atoms with van der Waals surface area (Å²) in [4.78, 5) is 0. The van der Waals surface area contributed by atoms with Crippen molar-refractivity contribution in [3.63, 3.8) is 0 Å². The number of benzene rings is 7. The smallest absolute Gasteiger partial charge is 0.122 e. The molecule has 0 fully saturated rings. The molecule has 0 unspecified atom stereocenters. The molecular weight excluding hydrogens is 757 g/mol. The average molecular weight is 813 g/mol. The number of hydrogen-bond acceptors (Lipinski definition) is 6. The minimum absolute atomic E-state index is 0.0929. The lowest BCUT2D eigenvalue weighted by Crippen LogP contribution is -2.09. The van der Waals surface area contributed by atoms with Crippen molar-refractivity contribution in [2.24, 2.45) is 0 Å². The summed E-state index contributed by atoms with van der Waals surface area (Å²) in [7, 11) is 0. The first-order chi connectivity index (χ1) is 29.0. The van der Waals surface area contributed by atoms with Crippen LogP contribution in [0.2, 0.25) is 0 Å². The first-order valence-electron chi connectivity index (χ1n) is 20.9. The van der Waals surface area contributed by atoms with Crippen molar-refractivity contribution in [3.8, 4) is 34.5 Å². The van der Waals surface area contributed by atoms with Gasteiger partial charge in [-0.05, 0) is 139 Å². The molecule has 0 atom stereocenters. The van der Waals surface area contributed by atoms with Crippen molar-refractivity contribution in [2.75, 3.05) is 0 Å². The third-order valence-corrected chi connectivity index (χ3v) is 12.0. The van der Waals surface area contributed by atoms with Crippen LogP contribution in [0.5, 0.6) is 34.5 Å². The van der Waals surface area contributed by atoms with Gasteiger partial charge in [-0.1, -0.05) is 125 Å². The lowest BCUT2D eigenvalue weighted by atomic mass is 9.80. The Bertz CT molecular complexity index is 2470. The number of phenols is 6.